The van der Waals surface area contributed by atoms with Crippen molar-refractivity contribution in [2.45, 2.75) is 0 Å². The molecule has 0 spiro atoms. The minimum Gasteiger partial charge on any atom is -0.740 e. The quantitative estimate of drug-likeness (QED) is 0.324. The van der Waals surface area contributed by atoms with E-state index in [2.05, 4.69) is 9.71 Å². The summed E-state index contributed by atoms with van der Waals surface area (Å²) in [5.41, 5.74) is 0.547. The summed E-state index contributed by atoms with van der Waals surface area (Å²) < 4.78 is 15.6. The van der Waals surface area contributed by atoms with Crippen LogP contribution in [-0.4, -0.2) is 16.6 Å². The molecule has 0 aliphatic carbocycles. The van der Waals surface area contributed by atoms with Crippen LogP contribution in [0.1, 0.15) is 0 Å². The van der Waals surface area contributed by atoms with Crippen LogP contribution in [0.15, 0.2) is 12.5 Å². The van der Waals surface area contributed by atoms with Crippen molar-refractivity contribution in [1.82, 2.24) is 4.98 Å². The molecule has 0 amide bonds. The van der Waals surface area contributed by atoms with Crippen molar-refractivity contribution in [1.29, 1.82) is 0 Å². The molecule has 0 fully saturated rings. The number of rotatable bonds is 0. The van der Waals surface area contributed by atoms with Gasteiger partial charge in [0, 0.05) is 0 Å². The van der Waals surface area contributed by atoms with Crippen LogP contribution < -0.4 is 13.8 Å². The van der Waals surface area contributed by atoms with Crippen molar-refractivity contribution < 1.29 is 9.28 Å². The SMILES string of the molecule is CN1c2cnc[n+]([O-])c2N[S+]1[O-]. The Morgan fingerprint density at radius 2 is 2.50 bits per heavy atom. The Labute approximate surface area is 71.9 Å². The first-order valence-corrected chi connectivity index (χ1v) is 4.30. The van der Waals surface area contributed by atoms with E-state index in [0.29, 0.717) is 10.4 Å². The van der Waals surface area contributed by atoms with Gasteiger partial charge in [-0.15, -0.1) is 4.98 Å². The average Bonchev–Trinajstić information content (AvgIpc) is 2.32. The average molecular weight is 186 g/mol. The van der Waals surface area contributed by atoms with E-state index in [9.17, 15) is 9.76 Å². The highest BCUT2D eigenvalue weighted by molar-refractivity contribution is 7.94. The van der Waals surface area contributed by atoms with E-state index < -0.39 is 11.5 Å². The highest BCUT2D eigenvalue weighted by Gasteiger charge is 2.36. The van der Waals surface area contributed by atoms with E-state index >= 15 is 0 Å². The molecule has 0 bridgehead atoms. The van der Waals surface area contributed by atoms with E-state index in [1.165, 1.54) is 10.5 Å². The number of nitrogens with zero attached hydrogens (tertiary/aromatic N) is 3. The van der Waals surface area contributed by atoms with Crippen molar-refractivity contribution in [2.75, 3.05) is 16.1 Å². The third-order valence-corrected chi connectivity index (χ3v) is 2.67. The molecule has 1 aromatic rings. The number of hydrogen-bond donors (Lipinski definition) is 1. The summed E-state index contributed by atoms with van der Waals surface area (Å²) in [4.78, 5) is 3.68. The molecule has 6 nitrogen and oxygen atoms in total. The zero-order valence-corrected chi connectivity index (χ0v) is 7.04. The maximum atomic E-state index is 11.1. The molecular weight excluding hydrogens is 180 g/mol. The number of nitrogens with one attached hydrogen (secondary N) is 1. The van der Waals surface area contributed by atoms with Crippen LogP contribution in [0.25, 0.3) is 0 Å². The first-order valence-electron chi connectivity index (χ1n) is 3.19. The smallest absolute Gasteiger partial charge is 0.300 e. The van der Waals surface area contributed by atoms with E-state index in [-0.39, 0.29) is 5.82 Å². The monoisotopic (exact) mass is 186 g/mol. The lowest BCUT2D eigenvalue weighted by molar-refractivity contribution is -0.592. The molecule has 1 atom stereocenters. The largest absolute Gasteiger partial charge is 0.740 e. The van der Waals surface area contributed by atoms with E-state index in [0.717, 1.165) is 6.33 Å². The third kappa shape index (κ3) is 0.868. The van der Waals surface area contributed by atoms with Crippen molar-refractivity contribution in [2.24, 2.45) is 0 Å². The van der Waals surface area contributed by atoms with Crippen molar-refractivity contribution >= 4 is 23.1 Å². The van der Waals surface area contributed by atoms with Crippen molar-refractivity contribution in [3.05, 3.63) is 17.7 Å². The van der Waals surface area contributed by atoms with E-state index in [1.54, 1.807) is 7.05 Å². The van der Waals surface area contributed by atoms with Gasteiger partial charge >= 0.3 is 5.82 Å². The van der Waals surface area contributed by atoms with Crippen LogP contribution in [0, 0.1) is 5.21 Å². The summed E-state index contributed by atoms with van der Waals surface area (Å²) in [6.07, 6.45) is 2.60. The van der Waals surface area contributed by atoms with Gasteiger partial charge in [-0.1, -0.05) is 4.72 Å². The van der Waals surface area contributed by atoms with Gasteiger partial charge < -0.3 is 9.76 Å². The molecule has 0 saturated carbocycles. The van der Waals surface area contributed by atoms with Gasteiger partial charge in [0.15, 0.2) is 5.69 Å². The van der Waals surface area contributed by atoms with E-state index in [4.69, 9.17) is 0 Å². The maximum absolute atomic E-state index is 11.1. The lowest BCUT2D eigenvalue weighted by Gasteiger charge is -2.05. The van der Waals surface area contributed by atoms with Crippen LogP contribution in [0.4, 0.5) is 11.5 Å². The Balaban J connectivity index is 2.53. The van der Waals surface area contributed by atoms with Crippen LogP contribution >= 0.6 is 0 Å². The first kappa shape index (κ1) is 7.44. The Kier molecular flexibility index (Phi) is 1.48. The highest BCUT2D eigenvalue weighted by atomic mass is 32.2. The van der Waals surface area contributed by atoms with Gasteiger partial charge in [-0.2, -0.15) is 4.31 Å². The molecule has 0 saturated heterocycles. The molecule has 7 heteroatoms. The molecule has 0 radical (unpaired) electrons. The van der Waals surface area contributed by atoms with Crippen molar-refractivity contribution in [3.8, 4) is 0 Å². The fourth-order valence-electron chi connectivity index (χ4n) is 0.964. The molecule has 1 N–H and O–H groups in total. The summed E-state index contributed by atoms with van der Waals surface area (Å²) in [5.74, 6) is 0.283. The molecule has 1 aromatic heterocycles. The van der Waals surface area contributed by atoms with Crippen LogP contribution in [0.2, 0.25) is 0 Å². The lowest BCUT2D eigenvalue weighted by atomic mass is 10.5. The lowest BCUT2D eigenvalue weighted by Crippen LogP contribution is -2.30. The second-order valence-electron chi connectivity index (χ2n) is 2.30. The Bertz CT molecular complexity index is 320. The van der Waals surface area contributed by atoms with Gasteiger partial charge in [0.05, 0.1) is 7.05 Å². The van der Waals surface area contributed by atoms with E-state index in [1.807, 2.05) is 0 Å². The fraction of sp³-hybridized carbons (Fsp3) is 0.200. The molecule has 64 valence electrons. The standard InChI is InChI=1S/C5H6N4O2S/c1-8-4-2-6-3-9(10)5(4)7-12(8)11/h2-3,7H,1H3. The molecule has 1 aliphatic rings. The predicted molar refractivity (Wildman–Crippen MR) is 43.4 cm³/mol. The van der Waals surface area contributed by atoms with Gasteiger partial charge in [0.25, 0.3) is 11.5 Å². The van der Waals surface area contributed by atoms with Gasteiger partial charge in [0.2, 0.25) is 6.33 Å². The normalized spacial score (nSPS) is 20.5. The molecule has 12 heavy (non-hydrogen) atoms. The first-order chi connectivity index (χ1) is 5.70. The summed E-state index contributed by atoms with van der Waals surface area (Å²) in [6, 6.07) is 0. The Morgan fingerprint density at radius 3 is 3.17 bits per heavy atom. The summed E-state index contributed by atoms with van der Waals surface area (Å²) >= 11 is -1.35. The highest BCUT2D eigenvalue weighted by Crippen LogP contribution is 2.29. The molecular formula is C5H6N4O2S. The maximum Gasteiger partial charge on any atom is 0.300 e. The third-order valence-electron chi connectivity index (χ3n) is 1.60. The predicted octanol–water partition coefficient (Wildman–Crippen LogP) is -0.845. The minimum absolute atomic E-state index is 0.283. The molecule has 1 aliphatic heterocycles. The number of fused-ring (bicyclic) bond motifs is 1. The van der Waals surface area contributed by atoms with Gasteiger partial charge in [-0.3, -0.25) is 0 Å². The van der Waals surface area contributed by atoms with Gasteiger partial charge in [0.1, 0.15) is 6.20 Å². The zero-order chi connectivity index (χ0) is 8.72. The fourth-order valence-corrected chi connectivity index (χ4v) is 1.77. The van der Waals surface area contributed by atoms with Gasteiger partial charge in [-0.05, 0) is 0 Å². The van der Waals surface area contributed by atoms with Gasteiger partial charge in [-0.25, -0.2) is 4.73 Å². The van der Waals surface area contributed by atoms with Crippen LogP contribution in [0.3, 0.4) is 0 Å². The van der Waals surface area contributed by atoms with Crippen molar-refractivity contribution in [3.63, 3.8) is 0 Å². The second-order valence-corrected chi connectivity index (χ2v) is 3.55. The molecule has 0 aromatic carbocycles. The van der Waals surface area contributed by atoms with Crippen LogP contribution in [-0.2, 0) is 11.5 Å². The molecule has 2 rings (SSSR count). The molecule has 2 heterocycles. The number of hydrogen-bond acceptors (Lipinski definition) is 5. The number of aromatic nitrogens is 2. The Morgan fingerprint density at radius 1 is 1.75 bits per heavy atom. The summed E-state index contributed by atoms with van der Waals surface area (Å²) in [7, 11) is 1.62. The number of anilines is 2. The summed E-state index contributed by atoms with van der Waals surface area (Å²) in [5, 5.41) is 11.0. The minimum atomic E-state index is -1.35. The summed E-state index contributed by atoms with van der Waals surface area (Å²) in [6.45, 7) is 0. The Hall–Kier alpha value is -1.21. The zero-order valence-electron chi connectivity index (χ0n) is 6.22. The second kappa shape index (κ2) is 2.39. The topological polar surface area (TPSA) is 78.2 Å². The molecule has 1 unspecified atom stereocenters. The van der Waals surface area contributed by atoms with Crippen LogP contribution in [0.5, 0.6) is 0 Å².